The lowest BCUT2D eigenvalue weighted by molar-refractivity contribution is 0.448. The summed E-state index contributed by atoms with van der Waals surface area (Å²) in [7, 11) is 0. The Balaban J connectivity index is 2.19. The summed E-state index contributed by atoms with van der Waals surface area (Å²) >= 11 is 0. The van der Waals surface area contributed by atoms with Crippen molar-refractivity contribution in [3.63, 3.8) is 0 Å². The molecule has 88 valence electrons. The second-order valence-corrected chi connectivity index (χ2v) is 5.76. The van der Waals surface area contributed by atoms with Gasteiger partial charge in [-0.05, 0) is 47.3 Å². The van der Waals surface area contributed by atoms with Crippen LogP contribution in [0.25, 0.3) is 0 Å². The minimum absolute atomic E-state index is 0.367. The predicted octanol–water partition coefficient (Wildman–Crippen LogP) is 4.03. The third-order valence-corrected chi connectivity index (χ3v) is 3.95. The highest BCUT2D eigenvalue weighted by atomic mass is 16.3. The van der Waals surface area contributed by atoms with E-state index in [-0.39, 0.29) is 0 Å². The molecule has 0 bridgehead atoms. The molecule has 1 aromatic carbocycles. The molecule has 0 aromatic heterocycles. The van der Waals surface area contributed by atoms with Gasteiger partial charge in [-0.3, -0.25) is 0 Å². The molecule has 0 amide bonds. The van der Waals surface area contributed by atoms with Crippen molar-refractivity contribution in [1.29, 1.82) is 0 Å². The Morgan fingerprint density at radius 3 is 1.69 bits per heavy atom. The van der Waals surface area contributed by atoms with Crippen molar-refractivity contribution in [3.05, 3.63) is 29.8 Å². The van der Waals surface area contributed by atoms with Crippen molar-refractivity contribution in [2.45, 2.75) is 33.6 Å². The van der Waals surface area contributed by atoms with Crippen molar-refractivity contribution in [1.82, 2.24) is 0 Å². The minimum atomic E-state index is 0.367. The average Bonchev–Trinajstić information content (AvgIpc) is 2.94. The fourth-order valence-corrected chi connectivity index (χ4v) is 3.22. The predicted molar refractivity (Wildman–Crippen MR) is 67.5 cm³/mol. The third kappa shape index (κ3) is 1.95. The minimum Gasteiger partial charge on any atom is -0.508 e. The van der Waals surface area contributed by atoms with Crippen LogP contribution in [0.2, 0.25) is 0 Å². The van der Waals surface area contributed by atoms with E-state index < -0.39 is 0 Å². The number of aromatic hydroxyl groups is 1. The van der Waals surface area contributed by atoms with Gasteiger partial charge in [-0.2, -0.15) is 0 Å². The van der Waals surface area contributed by atoms with E-state index in [1.165, 1.54) is 5.56 Å². The molecule has 1 N–H and O–H groups in total. The summed E-state index contributed by atoms with van der Waals surface area (Å²) in [6, 6.07) is 7.78. The molecule has 0 spiro atoms. The van der Waals surface area contributed by atoms with Gasteiger partial charge in [-0.15, -0.1) is 0 Å². The molecule has 1 aromatic rings. The van der Waals surface area contributed by atoms with Crippen LogP contribution in [-0.4, -0.2) is 5.11 Å². The first-order valence-corrected chi connectivity index (χ1v) is 6.31. The van der Waals surface area contributed by atoms with E-state index in [1.807, 2.05) is 12.1 Å². The maximum absolute atomic E-state index is 9.31. The van der Waals surface area contributed by atoms with Crippen LogP contribution in [0.4, 0.5) is 0 Å². The van der Waals surface area contributed by atoms with Crippen molar-refractivity contribution < 1.29 is 5.11 Å². The molecule has 0 radical (unpaired) electrons. The van der Waals surface area contributed by atoms with Gasteiger partial charge in [0.15, 0.2) is 0 Å². The van der Waals surface area contributed by atoms with Crippen molar-refractivity contribution >= 4 is 0 Å². The molecule has 0 heterocycles. The molecule has 2 unspecified atom stereocenters. The fourth-order valence-electron chi connectivity index (χ4n) is 3.22. The third-order valence-electron chi connectivity index (χ3n) is 3.95. The second kappa shape index (κ2) is 4.12. The van der Waals surface area contributed by atoms with E-state index in [9.17, 15) is 5.11 Å². The highest BCUT2D eigenvalue weighted by Gasteiger charge is 2.53. The van der Waals surface area contributed by atoms with Crippen LogP contribution in [0.5, 0.6) is 5.75 Å². The molecule has 1 heteroatoms. The fraction of sp³-hybridized carbons (Fsp3) is 0.600. The summed E-state index contributed by atoms with van der Waals surface area (Å²) in [5.41, 5.74) is 1.40. The molecule has 1 aliphatic rings. The number of benzene rings is 1. The quantitative estimate of drug-likeness (QED) is 0.812. The molecule has 0 saturated heterocycles. The monoisotopic (exact) mass is 218 g/mol. The Morgan fingerprint density at radius 2 is 1.31 bits per heavy atom. The normalized spacial score (nSPS) is 28.8. The molecule has 1 fully saturated rings. The summed E-state index contributed by atoms with van der Waals surface area (Å²) < 4.78 is 0. The molecule has 2 atom stereocenters. The first-order chi connectivity index (χ1) is 7.52. The van der Waals surface area contributed by atoms with Gasteiger partial charge in [0.1, 0.15) is 5.75 Å². The van der Waals surface area contributed by atoms with Crippen LogP contribution in [0, 0.1) is 23.7 Å². The summed E-state index contributed by atoms with van der Waals surface area (Å²) in [5.74, 6) is 4.23. The number of phenolic OH excluding ortho intramolecular Hbond substituents is 1. The first-order valence-electron chi connectivity index (χ1n) is 6.31. The zero-order chi connectivity index (χ0) is 11.9. The topological polar surface area (TPSA) is 20.2 Å². The Hall–Kier alpha value is -0.980. The maximum atomic E-state index is 9.31. The van der Waals surface area contributed by atoms with Crippen LogP contribution in [0.3, 0.4) is 0 Å². The molecule has 0 aliphatic heterocycles. The smallest absolute Gasteiger partial charge is 0.115 e. The molecular weight excluding hydrogens is 196 g/mol. The molecule has 1 aliphatic carbocycles. The second-order valence-electron chi connectivity index (χ2n) is 5.76. The van der Waals surface area contributed by atoms with Crippen LogP contribution >= 0.6 is 0 Å². The molecule has 1 nitrogen and oxygen atoms in total. The van der Waals surface area contributed by atoms with E-state index in [0.717, 1.165) is 23.7 Å². The van der Waals surface area contributed by atoms with Gasteiger partial charge in [0, 0.05) is 0 Å². The number of phenols is 1. The standard InChI is InChI=1S/C15H22O/c1-9(2)13-14(10(3)4)15(13)11-5-7-12(16)8-6-11/h5-10,13-16H,1-4H3. The Morgan fingerprint density at radius 1 is 0.875 bits per heavy atom. The highest BCUT2D eigenvalue weighted by Crippen LogP contribution is 2.60. The van der Waals surface area contributed by atoms with E-state index in [1.54, 1.807) is 0 Å². The zero-order valence-electron chi connectivity index (χ0n) is 10.6. The zero-order valence-corrected chi connectivity index (χ0v) is 10.6. The largest absolute Gasteiger partial charge is 0.508 e. The lowest BCUT2D eigenvalue weighted by atomic mass is 10.0. The number of hydrogen-bond donors (Lipinski definition) is 1. The first kappa shape index (κ1) is 11.5. The van der Waals surface area contributed by atoms with Crippen molar-refractivity contribution in [2.24, 2.45) is 23.7 Å². The van der Waals surface area contributed by atoms with Crippen LogP contribution in [0.15, 0.2) is 24.3 Å². The van der Waals surface area contributed by atoms with Crippen LogP contribution < -0.4 is 0 Å². The molecular formula is C15H22O. The van der Waals surface area contributed by atoms with Crippen LogP contribution in [-0.2, 0) is 0 Å². The Kier molecular flexibility index (Phi) is 2.96. The van der Waals surface area contributed by atoms with E-state index in [2.05, 4.69) is 39.8 Å². The summed E-state index contributed by atoms with van der Waals surface area (Å²) in [6.07, 6.45) is 0. The molecule has 1 saturated carbocycles. The van der Waals surface area contributed by atoms with Gasteiger partial charge < -0.3 is 5.11 Å². The van der Waals surface area contributed by atoms with E-state index in [4.69, 9.17) is 0 Å². The van der Waals surface area contributed by atoms with Gasteiger partial charge in [-0.1, -0.05) is 39.8 Å². The number of hydrogen-bond acceptors (Lipinski definition) is 1. The highest BCUT2D eigenvalue weighted by molar-refractivity contribution is 5.33. The maximum Gasteiger partial charge on any atom is 0.115 e. The number of rotatable bonds is 3. The van der Waals surface area contributed by atoms with Gasteiger partial charge in [0.05, 0.1) is 0 Å². The van der Waals surface area contributed by atoms with Crippen molar-refractivity contribution in [2.75, 3.05) is 0 Å². The van der Waals surface area contributed by atoms with E-state index in [0.29, 0.717) is 11.7 Å². The Labute approximate surface area is 98.5 Å². The summed E-state index contributed by atoms with van der Waals surface area (Å²) in [6.45, 7) is 9.28. The van der Waals surface area contributed by atoms with Gasteiger partial charge in [-0.25, -0.2) is 0 Å². The van der Waals surface area contributed by atoms with Crippen LogP contribution in [0.1, 0.15) is 39.2 Å². The van der Waals surface area contributed by atoms with E-state index >= 15 is 0 Å². The lowest BCUT2D eigenvalue weighted by Crippen LogP contribution is -1.97. The molecule has 16 heavy (non-hydrogen) atoms. The van der Waals surface area contributed by atoms with Gasteiger partial charge in [0.25, 0.3) is 0 Å². The Bertz CT molecular complexity index is 336. The average molecular weight is 218 g/mol. The summed E-state index contributed by atoms with van der Waals surface area (Å²) in [4.78, 5) is 0. The van der Waals surface area contributed by atoms with Gasteiger partial charge in [0.2, 0.25) is 0 Å². The molecule has 2 rings (SSSR count). The van der Waals surface area contributed by atoms with Crippen molar-refractivity contribution in [3.8, 4) is 5.75 Å². The summed E-state index contributed by atoms with van der Waals surface area (Å²) in [5, 5.41) is 9.31. The lowest BCUT2D eigenvalue weighted by Gasteiger charge is -2.04. The SMILES string of the molecule is CC(C)C1C(c2ccc(O)cc2)C1C(C)C. The van der Waals surface area contributed by atoms with Gasteiger partial charge >= 0.3 is 0 Å².